The van der Waals surface area contributed by atoms with Crippen molar-refractivity contribution in [2.45, 2.75) is 25.6 Å². The summed E-state index contributed by atoms with van der Waals surface area (Å²) in [6.07, 6.45) is 0. The van der Waals surface area contributed by atoms with Gasteiger partial charge in [0.05, 0.1) is 12.6 Å². The smallest absolute Gasteiger partial charge is 0.272 e. The van der Waals surface area contributed by atoms with E-state index < -0.39 is 23.3 Å². The van der Waals surface area contributed by atoms with Crippen LogP contribution in [0.3, 0.4) is 0 Å². The Kier molecular flexibility index (Phi) is 6.02. The first kappa shape index (κ1) is 23.6. The van der Waals surface area contributed by atoms with Crippen LogP contribution in [0.4, 0.5) is 0 Å². The average Bonchev–Trinajstić information content (AvgIpc) is 3.28. The van der Waals surface area contributed by atoms with E-state index in [2.05, 4.69) is 5.32 Å². The molecule has 4 aromatic rings. The van der Waals surface area contributed by atoms with Gasteiger partial charge >= 0.3 is 0 Å². The number of methoxy groups -OCH3 is 1. The summed E-state index contributed by atoms with van der Waals surface area (Å²) < 4.78 is 6.56. The average molecular weight is 502 g/mol. The van der Waals surface area contributed by atoms with Crippen LogP contribution in [0.1, 0.15) is 33.3 Å². The van der Waals surface area contributed by atoms with Crippen molar-refractivity contribution >= 4 is 40.2 Å². The molecule has 1 aromatic heterocycles. The molecule has 7 nitrogen and oxygen atoms in total. The predicted molar refractivity (Wildman–Crippen MR) is 137 cm³/mol. The highest BCUT2D eigenvalue weighted by molar-refractivity contribution is 6.31. The number of carbonyl (C=O) groups excluding carboxylic acids is 3. The molecule has 0 bridgehead atoms. The zero-order valence-electron chi connectivity index (χ0n) is 19.8. The zero-order chi connectivity index (χ0) is 25.4. The van der Waals surface area contributed by atoms with E-state index in [9.17, 15) is 14.4 Å². The third kappa shape index (κ3) is 3.91. The summed E-state index contributed by atoms with van der Waals surface area (Å²) >= 11 is 6.16. The van der Waals surface area contributed by atoms with Crippen LogP contribution < -0.4 is 10.1 Å². The number of amides is 2. The fraction of sp³-hybridized carbons (Fsp3) is 0.179. The van der Waals surface area contributed by atoms with Gasteiger partial charge in [-0.1, -0.05) is 54.1 Å². The van der Waals surface area contributed by atoms with Crippen molar-refractivity contribution in [2.24, 2.45) is 0 Å². The molecule has 0 radical (unpaired) electrons. The summed E-state index contributed by atoms with van der Waals surface area (Å²) in [4.78, 5) is 42.9. The minimum Gasteiger partial charge on any atom is -0.497 e. The van der Waals surface area contributed by atoms with Gasteiger partial charge in [-0.05, 0) is 54.4 Å². The molecule has 1 aliphatic rings. The number of ether oxygens (including phenoxy) is 1. The minimum absolute atomic E-state index is 0.0616. The van der Waals surface area contributed by atoms with E-state index in [0.717, 1.165) is 11.1 Å². The van der Waals surface area contributed by atoms with E-state index in [4.69, 9.17) is 16.3 Å². The van der Waals surface area contributed by atoms with Crippen molar-refractivity contribution in [3.63, 3.8) is 0 Å². The molecule has 0 saturated carbocycles. The van der Waals surface area contributed by atoms with E-state index in [1.54, 1.807) is 43.5 Å². The fourth-order valence-electron chi connectivity index (χ4n) is 4.55. The lowest BCUT2D eigenvalue weighted by Crippen LogP contribution is -2.67. The molecule has 0 aliphatic carbocycles. The lowest BCUT2D eigenvalue weighted by Gasteiger charge is -2.42. The van der Waals surface area contributed by atoms with Crippen LogP contribution >= 0.6 is 11.6 Å². The summed E-state index contributed by atoms with van der Waals surface area (Å²) in [5.41, 5.74) is 0.571. The molecular formula is C28H24ClN3O4. The van der Waals surface area contributed by atoms with Gasteiger partial charge in [-0.15, -0.1) is 0 Å². The molecule has 5 rings (SSSR count). The number of nitrogens with zero attached hydrogens (tertiary/aromatic N) is 2. The first-order valence-corrected chi connectivity index (χ1v) is 11.8. The van der Waals surface area contributed by atoms with Gasteiger partial charge in [0.2, 0.25) is 0 Å². The van der Waals surface area contributed by atoms with E-state index in [-0.39, 0.29) is 18.8 Å². The molecule has 0 saturated heterocycles. The second-order valence-corrected chi connectivity index (χ2v) is 9.29. The maximum Gasteiger partial charge on any atom is 0.272 e. The van der Waals surface area contributed by atoms with E-state index >= 15 is 0 Å². The summed E-state index contributed by atoms with van der Waals surface area (Å²) in [5.74, 6) is -0.816. The Morgan fingerprint density at radius 3 is 2.39 bits per heavy atom. The molecule has 0 spiro atoms. The Morgan fingerprint density at radius 1 is 0.972 bits per heavy atom. The van der Waals surface area contributed by atoms with Crippen LogP contribution in [-0.4, -0.2) is 39.8 Å². The van der Waals surface area contributed by atoms with E-state index in [1.807, 2.05) is 42.5 Å². The standard InChI is InChI=1S/C28H24ClN3O4/c1-28(26(34)30-16-18-6-4-3-5-7-18)27(35)32-23-13-10-21(29)14-20(23)15-24(32)25(33)31(28)17-19-8-11-22(36-2)12-9-19/h3-15H,16-17H2,1-2H3,(H,30,34). The number of aromatic nitrogens is 1. The summed E-state index contributed by atoms with van der Waals surface area (Å²) in [6.45, 7) is 1.79. The van der Waals surface area contributed by atoms with Crippen molar-refractivity contribution in [1.82, 2.24) is 14.8 Å². The Hall–Kier alpha value is -4.10. The van der Waals surface area contributed by atoms with Crippen LogP contribution in [0, 0.1) is 0 Å². The van der Waals surface area contributed by atoms with Gasteiger partial charge in [0.25, 0.3) is 17.7 Å². The summed E-state index contributed by atoms with van der Waals surface area (Å²) in [6, 6.07) is 23.2. The minimum atomic E-state index is -1.79. The predicted octanol–water partition coefficient (Wildman–Crippen LogP) is 4.67. The SMILES string of the molecule is COc1ccc(CN2C(=O)c3cc4cc(Cl)ccc4n3C(=O)C2(C)C(=O)NCc2ccccc2)cc1. The molecule has 36 heavy (non-hydrogen) atoms. The fourth-order valence-corrected chi connectivity index (χ4v) is 4.73. The maximum atomic E-state index is 14.1. The number of fused-ring (bicyclic) bond motifs is 3. The quantitative estimate of drug-likeness (QED) is 0.389. The van der Waals surface area contributed by atoms with Gasteiger partial charge in [0.15, 0.2) is 5.54 Å². The number of halogens is 1. The first-order chi connectivity index (χ1) is 17.3. The van der Waals surface area contributed by atoms with Crippen molar-refractivity contribution in [3.8, 4) is 5.75 Å². The number of nitrogens with one attached hydrogen (secondary N) is 1. The number of hydrogen-bond acceptors (Lipinski definition) is 4. The van der Waals surface area contributed by atoms with Gasteiger partial charge in [0.1, 0.15) is 11.4 Å². The van der Waals surface area contributed by atoms with E-state index in [0.29, 0.717) is 21.7 Å². The number of benzene rings is 3. The van der Waals surface area contributed by atoms with Gasteiger partial charge in [-0.3, -0.25) is 19.0 Å². The second-order valence-electron chi connectivity index (χ2n) is 8.85. The topological polar surface area (TPSA) is 80.6 Å². The molecule has 2 amide bonds. The number of rotatable bonds is 6. The number of hydrogen-bond donors (Lipinski definition) is 1. The van der Waals surface area contributed by atoms with Gasteiger partial charge in [-0.2, -0.15) is 0 Å². The third-order valence-electron chi connectivity index (χ3n) is 6.63. The monoisotopic (exact) mass is 501 g/mol. The third-order valence-corrected chi connectivity index (χ3v) is 6.86. The molecule has 0 fully saturated rings. The Bertz CT molecular complexity index is 1480. The van der Waals surface area contributed by atoms with Crippen molar-refractivity contribution < 1.29 is 19.1 Å². The molecule has 1 atom stereocenters. The summed E-state index contributed by atoms with van der Waals surface area (Å²) in [7, 11) is 1.57. The normalized spacial score (nSPS) is 17.2. The maximum absolute atomic E-state index is 14.1. The van der Waals surface area contributed by atoms with Gasteiger partial charge < -0.3 is 15.0 Å². The Labute approximate surface area is 213 Å². The van der Waals surface area contributed by atoms with Crippen LogP contribution in [0.5, 0.6) is 5.75 Å². The first-order valence-electron chi connectivity index (χ1n) is 11.5. The van der Waals surface area contributed by atoms with Crippen molar-refractivity contribution in [2.75, 3.05) is 7.11 Å². The highest BCUT2D eigenvalue weighted by atomic mass is 35.5. The molecular weight excluding hydrogens is 478 g/mol. The second kappa shape index (κ2) is 9.17. The largest absolute Gasteiger partial charge is 0.497 e. The number of carbonyl (C=O) groups is 3. The van der Waals surface area contributed by atoms with Crippen LogP contribution in [0.25, 0.3) is 10.9 Å². The van der Waals surface area contributed by atoms with Crippen molar-refractivity contribution in [1.29, 1.82) is 0 Å². The molecule has 182 valence electrons. The lowest BCUT2D eigenvalue weighted by atomic mass is 9.92. The zero-order valence-corrected chi connectivity index (χ0v) is 20.6. The van der Waals surface area contributed by atoms with Gasteiger partial charge in [-0.25, -0.2) is 0 Å². The van der Waals surface area contributed by atoms with Crippen LogP contribution in [0.2, 0.25) is 5.02 Å². The lowest BCUT2D eigenvalue weighted by molar-refractivity contribution is -0.129. The summed E-state index contributed by atoms with van der Waals surface area (Å²) in [5, 5.41) is 4.01. The molecule has 1 unspecified atom stereocenters. The highest BCUT2D eigenvalue weighted by Crippen LogP contribution is 2.34. The Balaban J connectivity index is 1.58. The van der Waals surface area contributed by atoms with Gasteiger partial charge in [0, 0.05) is 23.5 Å². The molecule has 1 aliphatic heterocycles. The molecule has 3 aromatic carbocycles. The molecule has 8 heteroatoms. The molecule has 2 heterocycles. The Morgan fingerprint density at radius 2 is 1.69 bits per heavy atom. The molecule has 1 N–H and O–H groups in total. The van der Waals surface area contributed by atoms with Crippen LogP contribution in [-0.2, 0) is 17.9 Å². The van der Waals surface area contributed by atoms with Crippen molar-refractivity contribution in [3.05, 3.63) is 101 Å². The van der Waals surface area contributed by atoms with E-state index in [1.165, 1.54) is 16.4 Å². The van der Waals surface area contributed by atoms with Crippen LogP contribution in [0.15, 0.2) is 78.9 Å². The highest BCUT2D eigenvalue weighted by Gasteiger charge is 2.54.